The Kier molecular flexibility index (Phi) is 6.97. The number of rotatable bonds is 8. The molecule has 2 aromatic rings. The van der Waals surface area contributed by atoms with Crippen LogP contribution in [0.25, 0.3) is 6.08 Å². The molecular formula is C23H23ClN2O5. The fraction of sp³-hybridized carbons (Fsp3) is 0.261. The number of hydrogen-bond donors (Lipinski definition) is 1. The van der Waals surface area contributed by atoms with Gasteiger partial charge in [-0.2, -0.15) is 10.1 Å². The van der Waals surface area contributed by atoms with Crippen LogP contribution in [0.4, 0.5) is 5.69 Å². The summed E-state index contributed by atoms with van der Waals surface area (Å²) in [4.78, 5) is 24.3. The van der Waals surface area contributed by atoms with Crippen LogP contribution in [0.3, 0.4) is 0 Å². The Hall–Kier alpha value is -3.32. The number of hydrogen-bond acceptors (Lipinski definition) is 5. The Morgan fingerprint density at radius 3 is 2.68 bits per heavy atom. The number of hydrazone groups is 1. The summed E-state index contributed by atoms with van der Waals surface area (Å²) >= 11 is 5.93. The first-order chi connectivity index (χ1) is 14.8. The predicted octanol–water partition coefficient (Wildman–Crippen LogP) is 5.03. The summed E-state index contributed by atoms with van der Waals surface area (Å²) in [5, 5.41) is 14.8. The van der Waals surface area contributed by atoms with Crippen molar-refractivity contribution in [1.29, 1.82) is 0 Å². The van der Waals surface area contributed by atoms with Gasteiger partial charge in [0.05, 0.1) is 41.3 Å². The highest BCUT2D eigenvalue weighted by molar-refractivity contribution is 6.34. The first-order valence-electron chi connectivity index (χ1n) is 9.81. The van der Waals surface area contributed by atoms with E-state index in [4.69, 9.17) is 21.1 Å². The maximum absolute atomic E-state index is 13.0. The third-order valence-corrected chi connectivity index (χ3v) is 5.07. The second-order valence-electron chi connectivity index (χ2n) is 6.94. The lowest BCUT2D eigenvalue weighted by Crippen LogP contribution is -2.21. The van der Waals surface area contributed by atoms with Gasteiger partial charge in [-0.15, -0.1) is 0 Å². The van der Waals surface area contributed by atoms with Crippen molar-refractivity contribution in [3.05, 3.63) is 58.1 Å². The summed E-state index contributed by atoms with van der Waals surface area (Å²) in [6.45, 7) is 4.41. The van der Waals surface area contributed by atoms with Crippen LogP contribution in [0, 0.1) is 0 Å². The minimum atomic E-state index is -1.18. The summed E-state index contributed by atoms with van der Waals surface area (Å²) in [6.07, 6.45) is 3.70. The van der Waals surface area contributed by atoms with Gasteiger partial charge in [-0.25, -0.2) is 4.79 Å². The smallest absolute Gasteiger partial charge is 0.337 e. The molecule has 0 spiro atoms. The Balaban J connectivity index is 1.88. The molecule has 1 amide bonds. The van der Waals surface area contributed by atoms with Crippen molar-refractivity contribution in [2.45, 2.75) is 26.7 Å². The Labute approximate surface area is 185 Å². The zero-order chi connectivity index (χ0) is 22.5. The number of aromatic carboxylic acids is 1. The minimum Gasteiger partial charge on any atom is -0.493 e. The quantitative estimate of drug-likeness (QED) is 0.457. The molecule has 162 valence electrons. The van der Waals surface area contributed by atoms with E-state index in [1.807, 2.05) is 12.1 Å². The van der Waals surface area contributed by atoms with Gasteiger partial charge in [0.15, 0.2) is 11.5 Å². The van der Waals surface area contributed by atoms with Crippen molar-refractivity contribution in [2.75, 3.05) is 18.7 Å². The van der Waals surface area contributed by atoms with Gasteiger partial charge < -0.3 is 14.6 Å². The van der Waals surface area contributed by atoms with E-state index in [1.54, 1.807) is 32.2 Å². The second kappa shape index (κ2) is 9.66. The number of nitrogens with zero attached hydrogens (tertiary/aromatic N) is 2. The third-order valence-electron chi connectivity index (χ3n) is 4.74. The molecule has 0 aliphatic carbocycles. The Morgan fingerprint density at radius 2 is 2.00 bits per heavy atom. The normalized spacial score (nSPS) is 14.7. The van der Waals surface area contributed by atoms with Crippen molar-refractivity contribution in [2.24, 2.45) is 5.10 Å². The number of amides is 1. The van der Waals surface area contributed by atoms with Gasteiger partial charge in [-0.3, -0.25) is 4.79 Å². The average molecular weight is 443 g/mol. The van der Waals surface area contributed by atoms with Gasteiger partial charge in [0, 0.05) is 0 Å². The largest absolute Gasteiger partial charge is 0.493 e. The van der Waals surface area contributed by atoms with Gasteiger partial charge in [0.2, 0.25) is 0 Å². The molecule has 0 saturated carbocycles. The topological polar surface area (TPSA) is 88.4 Å². The molecule has 0 bridgehead atoms. The standard InChI is InChI=1S/C23H23ClN2O5/c1-4-5-10-31-20-9-6-15(12-21(20)30-3)11-17-14(2)25-26(22(17)27)16-7-8-19(24)18(13-16)23(28)29/h6-9,11-13H,4-5,10H2,1-3H3,(H,28,29)/b17-11-. The van der Waals surface area contributed by atoms with E-state index in [1.165, 1.54) is 17.1 Å². The second-order valence-corrected chi connectivity index (χ2v) is 7.35. The van der Waals surface area contributed by atoms with Gasteiger partial charge in [0.1, 0.15) is 0 Å². The highest BCUT2D eigenvalue weighted by Gasteiger charge is 2.29. The van der Waals surface area contributed by atoms with Crippen LogP contribution in [-0.2, 0) is 4.79 Å². The average Bonchev–Trinajstić information content (AvgIpc) is 3.03. The molecule has 1 aliphatic heterocycles. The minimum absolute atomic E-state index is 0.0905. The molecule has 0 atom stereocenters. The molecule has 8 heteroatoms. The number of unbranched alkanes of at least 4 members (excludes halogenated alkanes) is 1. The maximum Gasteiger partial charge on any atom is 0.337 e. The molecule has 0 unspecified atom stereocenters. The predicted molar refractivity (Wildman–Crippen MR) is 120 cm³/mol. The molecule has 1 heterocycles. The van der Waals surface area contributed by atoms with E-state index in [0.29, 0.717) is 35.1 Å². The highest BCUT2D eigenvalue weighted by Crippen LogP contribution is 2.31. The summed E-state index contributed by atoms with van der Waals surface area (Å²) in [5.74, 6) is -0.321. The molecule has 0 fully saturated rings. The Morgan fingerprint density at radius 1 is 1.23 bits per heavy atom. The fourth-order valence-corrected chi connectivity index (χ4v) is 3.25. The number of carbonyl (C=O) groups is 2. The fourth-order valence-electron chi connectivity index (χ4n) is 3.05. The monoisotopic (exact) mass is 442 g/mol. The third kappa shape index (κ3) is 4.88. The van der Waals surface area contributed by atoms with Crippen molar-refractivity contribution in [3.63, 3.8) is 0 Å². The van der Waals surface area contributed by atoms with Gasteiger partial charge >= 0.3 is 5.97 Å². The number of ether oxygens (including phenoxy) is 2. The van der Waals surface area contributed by atoms with Crippen LogP contribution >= 0.6 is 11.6 Å². The van der Waals surface area contributed by atoms with E-state index in [-0.39, 0.29) is 16.5 Å². The van der Waals surface area contributed by atoms with Crippen LogP contribution in [-0.4, -0.2) is 36.4 Å². The molecule has 7 nitrogen and oxygen atoms in total. The number of benzene rings is 2. The lowest BCUT2D eigenvalue weighted by Gasteiger charge is -2.13. The summed E-state index contributed by atoms with van der Waals surface area (Å²) in [6, 6.07) is 9.75. The molecule has 0 aromatic heterocycles. The van der Waals surface area contributed by atoms with Crippen molar-refractivity contribution >= 4 is 41.0 Å². The van der Waals surface area contributed by atoms with E-state index in [9.17, 15) is 14.7 Å². The SMILES string of the molecule is CCCCOc1ccc(/C=C2\C(=O)N(c3ccc(Cl)c(C(=O)O)c3)N=C2C)cc1OC. The lowest BCUT2D eigenvalue weighted by atomic mass is 10.1. The van der Waals surface area contributed by atoms with E-state index < -0.39 is 5.97 Å². The molecule has 1 N–H and O–H groups in total. The molecular weight excluding hydrogens is 420 g/mol. The van der Waals surface area contributed by atoms with E-state index >= 15 is 0 Å². The first kappa shape index (κ1) is 22.4. The van der Waals surface area contributed by atoms with Crippen LogP contribution in [0.2, 0.25) is 5.02 Å². The lowest BCUT2D eigenvalue weighted by molar-refractivity contribution is -0.114. The highest BCUT2D eigenvalue weighted by atomic mass is 35.5. The molecule has 0 saturated heterocycles. The molecule has 31 heavy (non-hydrogen) atoms. The van der Waals surface area contributed by atoms with Crippen LogP contribution in [0.1, 0.15) is 42.6 Å². The number of carbonyl (C=O) groups excluding carboxylic acids is 1. The summed E-state index contributed by atoms with van der Waals surface area (Å²) < 4.78 is 11.2. The number of halogens is 1. The Bertz CT molecular complexity index is 1080. The van der Waals surface area contributed by atoms with Crippen molar-refractivity contribution in [1.82, 2.24) is 0 Å². The van der Waals surface area contributed by atoms with Gasteiger partial charge in [0.25, 0.3) is 5.91 Å². The van der Waals surface area contributed by atoms with E-state index in [2.05, 4.69) is 12.0 Å². The summed E-state index contributed by atoms with van der Waals surface area (Å²) in [7, 11) is 1.56. The van der Waals surface area contributed by atoms with Crippen molar-refractivity contribution < 1.29 is 24.2 Å². The van der Waals surface area contributed by atoms with E-state index in [0.717, 1.165) is 18.4 Å². The van der Waals surface area contributed by atoms with Crippen LogP contribution in [0.15, 0.2) is 47.1 Å². The van der Waals surface area contributed by atoms with Crippen LogP contribution < -0.4 is 14.5 Å². The number of carboxylic acids is 1. The maximum atomic E-state index is 13.0. The molecule has 0 radical (unpaired) electrons. The van der Waals surface area contributed by atoms with Crippen LogP contribution in [0.5, 0.6) is 11.5 Å². The zero-order valence-corrected chi connectivity index (χ0v) is 18.3. The van der Waals surface area contributed by atoms with Gasteiger partial charge in [-0.05, 0) is 55.3 Å². The number of carboxylic acid groups (broad SMARTS) is 1. The number of methoxy groups -OCH3 is 1. The molecule has 1 aliphatic rings. The summed E-state index contributed by atoms with van der Waals surface area (Å²) in [5.41, 5.74) is 1.89. The van der Waals surface area contributed by atoms with Gasteiger partial charge in [-0.1, -0.05) is 31.0 Å². The molecule has 2 aromatic carbocycles. The van der Waals surface area contributed by atoms with Crippen molar-refractivity contribution in [3.8, 4) is 11.5 Å². The number of anilines is 1. The zero-order valence-electron chi connectivity index (χ0n) is 17.5. The molecule has 3 rings (SSSR count). The first-order valence-corrected chi connectivity index (χ1v) is 10.2.